The highest BCUT2D eigenvalue weighted by Gasteiger charge is 2.19. The molecule has 6 heteroatoms. The number of carboxylic acid groups (broad SMARTS) is 1. The molecular weight excluding hydrogens is 234 g/mol. The van der Waals surface area contributed by atoms with E-state index in [1.807, 2.05) is 6.07 Å². The zero-order valence-electron chi connectivity index (χ0n) is 10.5. The van der Waals surface area contributed by atoms with Gasteiger partial charge < -0.3 is 9.84 Å². The molecule has 0 saturated carbocycles. The first kappa shape index (κ1) is 12.3. The van der Waals surface area contributed by atoms with Crippen LogP contribution in [-0.4, -0.2) is 32.3 Å². The number of ether oxygens (including phenoxy) is 1. The van der Waals surface area contributed by atoms with Gasteiger partial charge in [0.15, 0.2) is 6.61 Å². The summed E-state index contributed by atoms with van der Waals surface area (Å²) < 4.78 is 6.78. The van der Waals surface area contributed by atoms with E-state index in [-0.39, 0.29) is 11.3 Å². The number of carboxylic acids is 1. The van der Waals surface area contributed by atoms with Crippen LogP contribution in [0.5, 0.6) is 5.88 Å². The van der Waals surface area contributed by atoms with Crippen LogP contribution in [0, 0.1) is 0 Å². The molecule has 2 heterocycles. The average molecular weight is 249 g/mol. The Morgan fingerprint density at radius 1 is 1.50 bits per heavy atom. The molecule has 0 bridgehead atoms. The zero-order valence-corrected chi connectivity index (χ0v) is 10.5. The second-order valence-corrected chi connectivity index (χ2v) is 5.02. The molecule has 0 fully saturated rings. The van der Waals surface area contributed by atoms with Gasteiger partial charge in [0.05, 0.1) is 5.69 Å². The SMILES string of the molecule is CC(C)(C)c1cc2c(OCC(=O)O)nccn2n1. The number of hydrogen-bond acceptors (Lipinski definition) is 4. The van der Waals surface area contributed by atoms with Crippen molar-refractivity contribution >= 4 is 11.5 Å². The normalized spacial score (nSPS) is 11.7. The van der Waals surface area contributed by atoms with Gasteiger partial charge >= 0.3 is 5.97 Å². The van der Waals surface area contributed by atoms with Crippen molar-refractivity contribution in [1.82, 2.24) is 14.6 Å². The molecule has 2 aromatic rings. The smallest absolute Gasteiger partial charge is 0.341 e. The standard InChI is InChI=1S/C12H15N3O3/c1-12(2,3)9-6-8-11(18-7-10(16)17)13-4-5-15(8)14-9/h4-6H,7H2,1-3H3,(H,16,17). The number of nitrogens with zero attached hydrogens (tertiary/aromatic N) is 3. The Balaban J connectivity index is 2.42. The summed E-state index contributed by atoms with van der Waals surface area (Å²) >= 11 is 0. The molecule has 6 nitrogen and oxygen atoms in total. The maximum atomic E-state index is 10.5. The Hall–Kier alpha value is -2.11. The molecule has 0 saturated heterocycles. The average Bonchev–Trinajstić information content (AvgIpc) is 2.69. The van der Waals surface area contributed by atoms with Crippen molar-refractivity contribution in [2.45, 2.75) is 26.2 Å². The highest BCUT2D eigenvalue weighted by Crippen LogP contribution is 2.25. The lowest BCUT2D eigenvalue weighted by atomic mass is 9.92. The lowest BCUT2D eigenvalue weighted by molar-refractivity contribution is -0.139. The van der Waals surface area contributed by atoms with Gasteiger partial charge in [0.1, 0.15) is 5.52 Å². The monoisotopic (exact) mass is 249 g/mol. The van der Waals surface area contributed by atoms with E-state index in [4.69, 9.17) is 9.84 Å². The van der Waals surface area contributed by atoms with Gasteiger partial charge in [-0.25, -0.2) is 14.3 Å². The minimum atomic E-state index is -1.03. The van der Waals surface area contributed by atoms with Gasteiger partial charge in [-0.15, -0.1) is 0 Å². The van der Waals surface area contributed by atoms with Crippen molar-refractivity contribution in [3.8, 4) is 5.88 Å². The molecular formula is C12H15N3O3. The van der Waals surface area contributed by atoms with Crippen LogP contribution < -0.4 is 4.74 Å². The Morgan fingerprint density at radius 2 is 2.22 bits per heavy atom. The summed E-state index contributed by atoms with van der Waals surface area (Å²) in [6, 6.07) is 1.87. The largest absolute Gasteiger partial charge is 0.479 e. The highest BCUT2D eigenvalue weighted by atomic mass is 16.5. The summed E-state index contributed by atoms with van der Waals surface area (Å²) in [5, 5.41) is 13.0. The number of aromatic nitrogens is 3. The first-order valence-corrected chi connectivity index (χ1v) is 5.57. The van der Waals surface area contributed by atoms with Crippen LogP contribution in [0.4, 0.5) is 0 Å². The van der Waals surface area contributed by atoms with Crippen LogP contribution >= 0.6 is 0 Å². The van der Waals surface area contributed by atoms with E-state index in [0.29, 0.717) is 5.52 Å². The Morgan fingerprint density at radius 3 is 2.83 bits per heavy atom. The van der Waals surface area contributed by atoms with E-state index in [2.05, 4.69) is 30.9 Å². The molecule has 0 aliphatic rings. The van der Waals surface area contributed by atoms with Crippen molar-refractivity contribution in [2.24, 2.45) is 0 Å². The van der Waals surface area contributed by atoms with E-state index < -0.39 is 12.6 Å². The van der Waals surface area contributed by atoms with Crippen molar-refractivity contribution in [3.05, 3.63) is 24.2 Å². The van der Waals surface area contributed by atoms with E-state index >= 15 is 0 Å². The molecule has 18 heavy (non-hydrogen) atoms. The summed E-state index contributed by atoms with van der Waals surface area (Å²) in [5.41, 5.74) is 1.48. The first-order valence-electron chi connectivity index (χ1n) is 5.57. The van der Waals surface area contributed by atoms with Crippen LogP contribution in [0.1, 0.15) is 26.5 Å². The van der Waals surface area contributed by atoms with Crippen LogP contribution in [0.25, 0.3) is 5.52 Å². The maximum Gasteiger partial charge on any atom is 0.341 e. The van der Waals surface area contributed by atoms with E-state index in [1.165, 1.54) is 6.20 Å². The third kappa shape index (κ3) is 2.42. The van der Waals surface area contributed by atoms with E-state index in [0.717, 1.165) is 5.69 Å². The van der Waals surface area contributed by atoms with Gasteiger partial charge in [-0.2, -0.15) is 5.10 Å². The molecule has 0 radical (unpaired) electrons. The number of rotatable bonds is 3. The van der Waals surface area contributed by atoms with Crippen molar-refractivity contribution < 1.29 is 14.6 Å². The van der Waals surface area contributed by atoms with E-state index in [9.17, 15) is 4.79 Å². The van der Waals surface area contributed by atoms with Crippen LogP contribution in [-0.2, 0) is 10.2 Å². The molecule has 0 aromatic carbocycles. The van der Waals surface area contributed by atoms with Gasteiger partial charge in [0.25, 0.3) is 0 Å². The molecule has 0 spiro atoms. The topological polar surface area (TPSA) is 76.7 Å². The molecule has 2 aromatic heterocycles. The number of carbonyl (C=O) groups is 1. The Bertz CT molecular complexity index is 584. The minimum Gasteiger partial charge on any atom is -0.479 e. The van der Waals surface area contributed by atoms with E-state index in [1.54, 1.807) is 10.7 Å². The molecule has 2 rings (SSSR count). The fourth-order valence-corrected chi connectivity index (χ4v) is 1.51. The molecule has 0 unspecified atom stereocenters. The van der Waals surface area contributed by atoms with Crippen molar-refractivity contribution in [1.29, 1.82) is 0 Å². The summed E-state index contributed by atoms with van der Waals surface area (Å²) in [6.45, 7) is 5.75. The maximum absolute atomic E-state index is 10.5. The van der Waals surface area contributed by atoms with Gasteiger partial charge in [-0.3, -0.25) is 0 Å². The van der Waals surface area contributed by atoms with Crippen LogP contribution in [0.3, 0.4) is 0 Å². The fraction of sp³-hybridized carbons (Fsp3) is 0.417. The lowest BCUT2D eigenvalue weighted by Gasteiger charge is -2.13. The Kier molecular flexibility index (Phi) is 2.94. The molecule has 0 aliphatic carbocycles. The minimum absolute atomic E-state index is 0.0872. The summed E-state index contributed by atoms with van der Waals surface area (Å²) in [7, 11) is 0. The summed E-state index contributed by atoms with van der Waals surface area (Å²) in [5.74, 6) is -0.753. The van der Waals surface area contributed by atoms with Gasteiger partial charge in [0.2, 0.25) is 5.88 Å². The van der Waals surface area contributed by atoms with Gasteiger partial charge in [-0.1, -0.05) is 20.8 Å². The quantitative estimate of drug-likeness (QED) is 0.891. The predicted molar refractivity (Wildman–Crippen MR) is 64.8 cm³/mol. The molecule has 0 amide bonds. The van der Waals surface area contributed by atoms with Crippen molar-refractivity contribution in [2.75, 3.05) is 6.61 Å². The first-order chi connectivity index (χ1) is 8.38. The van der Waals surface area contributed by atoms with Crippen LogP contribution in [0.2, 0.25) is 0 Å². The number of aliphatic carboxylic acids is 1. The number of hydrogen-bond donors (Lipinski definition) is 1. The third-order valence-electron chi connectivity index (χ3n) is 2.46. The lowest BCUT2D eigenvalue weighted by Crippen LogP contribution is -2.11. The second kappa shape index (κ2) is 4.29. The number of fused-ring (bicyclic) bond motifs is 1. The predicted octanol–water partition coefficient (Wildman–Crippen LogP) is 1.49. The summed E-state index contributed by atoms with van der Waals surface area (Å²) in [6.07, 6.45) is 3.24. The Labute approximate surface area is 104 Å². The molecule has 96 valence electrons. The summed E-state index contributed by atoms with van der Waals surface area (Å²) in [4.78, 5) is 14.5. The van der Waals surface area contributed by atoms with Gasteiger partial charge in [-0.05, 0) is 6.07 Å². The van der Waals surface area contributed by atoms with Crippen LogP contribution in [0.15, 0.2) is 18.5 Å². The fourth-order valence-electron chi connectivity index (χ4n) is 1.51. The molecule has 1 N–H and O–H groups in total. The second-order valence-electron chi connectivity index (χ2n) is 5.02. The molecule has 0 aliphatic heterocycles. The zero-order chi connectivity index (χ0) is 13.3. The third-order valence-corrected chi connectivity index (χ3v) is 2.46. The van der Waals surface area contributed by atoms with Gasteiger partial charge in [0, 0.05) is 17.8 Å². The molecule has 0 atom stereocenters. The van der Waals surface area contributed by atoms with Crippen molar-refractivity contribution in [3.63, 3.8) is 0 Å². The highest BCUT2D eigenvalue weighted by molar-refractivity contribution is 5.69.